The summed E-state index contributed by atoms with van der Waals surface area (Å²) in [4.78, 5) is 30.0. The zero-order valence-electron chi connectivity index (χ0n) is 23.0. The van der Waals surface area contributed by atoms with Gasteiger partial charge < -0.3 is 30.7 Å². The second-order valence-corrected chi connectivity index (χ2v) is 9.64. The Bertz CT molecular complexity index is 1130. The summed E-state index contributed by atoms with van der Waals surface area (Å²) in [7, 11) is 0. The van der Waals surface area contributed by atoms with Gasteiger partial charge in [0.15, 0.2) is 0 Å². The summed E-state index contributed by atoms with van der Waals surface area (Å²) in [5.74, 6) is 2.08. The Labute approximate surface area is 235 Å². The van der Waals surface area contributed by atoms with E-state index in [4.69, 9.17) is 9.47 Å². The maximum atomic E-state index is 12.0. The Hall–Kier alpha value is -3.83. The molecule has 1 aromatic carbocycles. The van der Waals surface area contributed by atoms with Crippen LogP contribution in [0.15, 0.2) is 54.7 Å². The van der Waals surface area contributed by atoms with Crippen LogP contribution in [0.4, 0.5) is 17.8 Å². The van der Waals surface area contributed by atoms with Crippen LogP contribution in [0.1, 0.15) is 48.2 Å². The topological polar surface area (TPSA) is 135 Å². The molecule has 0 saturated heterocycles. The maximum Gasteiger partial charge on any atom is 0.251 e. The zero-order valence-corrected chi connectivity index (χ0v) is 23.0. The van der Waals surface area contributed by atoms with Crippen LogP contribution in [0.2, 0.25) is 0 Å². The molecule has 0 unspecified atom stereocenters. The number of anilines is 3. The molecule has 214 valence electrons. The Morgan fingerprint density at radius 2 is 1.43 bits per heavy atom. The molecule has 2 aromatic heterocycles. The van der Waals surface area contributed by atoms with E-state index in [9.17, 15) is 4.79 Å². The van der Waals surface area contributed by atoms with Crippen molar-refractivity contribution in [1.29, 1.82) is 0 Å². The van der Waals surface area contributed by atoms with Crippen molar-refractivity contribution in [2.45, 2.75) is 38.6 Å². The van der Waals surface area contributed by atoms with E-state index in [-0.39, 0.29) is 5.91 Å². The second kappa shape index (κ2) is 17.0. The molecule has 1 aliphatic carbocycles. The molecule has 11 heteroatoms. The molecule has 3 aromatic rings. The van der Waals surface area contributed by atoms with E-state index < -0.39 is 0 Å². The number of ether oxygens (including phenoxy) is 2. The molecule has 4 N–H and O–H groups in total. The minimum absolute atomic E-state index is 0.104. The lowest BCUT2D eigenvalue weighted by Crippen LogP contribution is -2.27. The van der Waals surface area contributed by atoms with Crippen molar-refractivity contribution in [3.8, 4) is 0 Å². The number of carbonyl (C=O) groups excluding carboxylic acids is 1. The molecule has 0 radical (unpaired) electrons. The van der Waals surface area contributed by atoms with Crippen LogP contribution in [0.3, 0.4) is 0 Å². The van der Waals surface area contributed by atoms with Crippen molar-refractivity contribution in [2.24, 2.45) is 5.92 Å². The van der Waals surface area contributed by atoms with E-state index >= 15 is 0 Å². The molecule has 2 heterocycles. The third-order valence-corrected chi connectivity index (χ3v) is 6.53. The fourth-order valence-electron chi connectivity index (χ4n) is 4.40. The monoisotopic (exact) mass is 548 g/mol. The van der Waals surface area contributed by atoms with Crippen LogP contribution < -0.4 is 21.3 Å². The Kier molecular flexibility index (Phi) is 12.4. The van der Waals surface area contributed by atoms with Gasteiger partial charge in [-0.3, -0.25) is 9.78 Å². The largest absolute Gasteiger partial charge is 0.377 e. The summed E-state index contributed by atoms with van der Waals surface area (Å²) < 4.78 is 11.2. The van der Waals surface area contributed by atoms with Gasteiger partial charge in [-0.05, 0) is 43.0 Å². The van der Waals surface area contributed by atoms with Crippen molar-refractivity contribution in [2.75, 3.05) is 62.0 Å². The molecule has 40 heavy (non-hydrogen) atoms. The highest BCUT2D eigenvalue weighted by Gasteiger charge is 2.14. The first kappa shape index (κ1) is 29.2. The predicted octanol–water partition coefficient (Wildman–Crippen LogP) is 3.75. The summed E-state index contributed by atoms with van der Waals surface area (Å²) in [5, 5.41) is 12.7. The highest BCUT2D eigenvalue weighted by molar-refractivity contribution is 5.94. The van der Waals surface area contributed by atoms with Gasteiger partial charge in [-0.2, -0.15) is 15.0 Å². The summed E-state index contributed by atoms with van der Waals surface area (Å²) in [6, 6.07) is 14.9. The number of pyridine rings is 1. The highest BCUT2D eigenvalue weighted by atomic mass is 16.5. The average Bonchev–Trinajstić information content (AvgIpc) is 3.01. The van der Waals surface area contributed by atoms with Crippen molar-refractivity contribution in [3.05, 3.63) is 66.0 Å². The molecule has 1 fully saturated rings. The first-order valence-electron chi connectivity index (χ1n) is 14.1. The number of aromatic nitrogens is 4. The molecule has 0 bridgehead atoms. The first-order valence-corrected chi connectivity index (χ1v) is 14.1. The van der Waals surface area contributed by atoms with Gasteiger partial charge in [0.1, 0.15) is 0 Å². The van der Waals surface area contributed by atoms with Gasteiger partial charge in [0, 0.05) is 31.4 Å². The minimum Gasteiger partial charge on any atom is -0.377 e. The van der Waals surface area contributed by atoms with E-state index in [1.807, 2.05) is 36.4 Å². The lowest BCUT2D eigenvalue weighted by atomic mass is 9.89. The Morgan fingerprint density at radius 3 is 2.15 bits per heavy atom. The molecular weight excluding hydrogens is 508 g/mol. The van der Waals surface area contributed by atoms with Crippen LogP contribution in [-0.2, 0) is 16.0 Å². The average molecular weight is 549 g/mol. The summed E-state index contributed by atoms with van der Waals surface area (Å²) in [6.45, 7) is 4.17. The van der Waals surface area contributed by atoms with Gasteiger partial charge in [-0.25, -0.2) is 0 Å². The van der Waals surface area contributed by atoms with Gasteiger partial charge in [0.2, 0.25) is 17.8 Å². The molecule has 0 atom stereocenters. The number of amides is 1. The molecular formula is C29H40N8O3. The van der Waals surface area contributed by atoms with Gasteiger partial charge in [-0.1, -0.05) is 43.5 Å². The van der Waals surface area contributed by atoms with Crippen molar-refractivity contribution in [3.63, 3.8) is 0 Å². The van der Waals surface area contributed by atoms with E-state index in [0.29, 0.717) is 75.4 Å². The third-order valence-electron chi connectivity index (χ3n) is 6.53. The number of hydrogen-bond acceptors (Lipinski definition) is 10. The molecule has 4 rings (SSSR count). The zero-order chi connectivity index (χ0) is 27.7. The quantitative estimate of drug-likeness (QED) is 0.185. The first-order chi connectivity index (χ1) is 19.8. The third kappa shape index (κ3) is 10.7. The van der Waals surface area contributed by atoms with Crippen LogP contribution in [0.5, 0.6) is 0 Å². The highest BCUT2D eigenvalue weighted by Crippen LogP contribution is 2.23. The van der Waals surface area contributed by atoms with Gasteiger partial charge in [0.25, 0.3) is 5.91 Å². The van der Waals surface area contributed by atoms with E-state index in [1.165, 1.54) is 32.1 Å². The second-order valence-electron chi connectivity index (χ2n) is 9.64. The minimum atomic E-state index is -0.104. The number of benzene rings is 1. The maximum absolute atomic E-state index is 12.0. The summed E-state index contributed by atoms with van der Waals surface area (Å²) in [6.07, 6.45) is 8.18. The molecule has 1 saturated carbocycles. The normalized spacial score (nSPS) is 13.5. The molecule has 1 aliphatic rings. The van der Waals surface area contributed by atoms with Gasteiger partial charge >= 0.3 is 0 Å². The number of nitrogens with one attached hydrogen (secondary N) is 4. The SMILES string of the molecule is O=C(NCCOCCOCCNc1nc(NCc2ccccn2)nc(NCC2CCCCC2)n1)c1ccccc1. The lowest BCUT2D eigenvalue weighted by molar-refractivity contribution is 0.0519. The Balaban J connectivity index is 1.14. The molecule has 0 aliphatic heterocycles. The fourth-order valence-corrected chi connectivity index (χ4v) is 4.40. The number of hydrogen-bond donors (Lipinski definition) is 4. The summed E-state index contributed by atoms with van der Waals surface area (Å²) in [5.41, 5.74) is 1.54. The van der Waals surface area contributed by atoms with Crippen LogP contribution in [0.25, 0.3) is 0 Å². The summed E-state index contributed by atoms with van der Waals surface area (Å²) >= 11 is 0. The number of carbonyl (C=O) groups is 1. The van der Waals surface area contributed by atoms with E-state index in [0.717, 1.165) is 12.2 Å². The smallest absolute Gasteiger partial charge is 0.251 e. The molecule has 1 amide bonds. The van der Waals surface area contributed by atoms with Crippen molar-refractivity contribution >= 4 is 23.8 Å². The lowest BCUT2D eigenvalue weighted by Gasteiger charge is -2.21. The van der Waals surface area contributed by atoms with Crippen LogP contribution >= 0.6 is 0 Å². The molecule has 0 spiro atoms. The van der Waals surface area contributed by atoms with Crippen LogP contribution in [-0.4, -0.2) is 71.9 Å². The molecule has 11 nitrogen and oxygen atoms in total. The predicted molar refractivity (Wildman–Crippen MR) is 155 cm³/mol. The fraction of sp³-hybridized carbons (Fsp3) is 0.483. The Morgan fingerprint density at radius 1 is 0.750 bits per heavy atom. The van der Waals surface area contributed by atoms with Crippen molar-refractivity contribution < 1.29 is 14.3 Å². The standard InChI is InChI=1S/C29H40N8O3/c38-26(24-11-5-2-6-12-24)31-15-17-39-19-20-40-18-16-32-27-35-28(33-21-23-9-3-1-4-10-23)37-29(36-27)34-22-25-13-7-8-14-30-25/h2,5-8,11-14,23H,1,3-4,9-10,15-22H2,(H,31,38)(H3,32,33,34,35,36,37). The van der Waals surface area contributed by atoms with Crippen molar-refractivity contribution in [1.82, 2.24) is 25.3 Å². The number of rotatable bonds is 17. The number of nitrogens with zero attached hydrogens (tertiary/aromatic N) is 4. The van der Waals surface area contributed by atoms with E-state index in [2.05, 4.69) is 41.2 Å². The van der Waals surface area contributed by atoms with E-state index in [1.54, 1.807) is 18.3 Å². The van der Waals surface area contributed by atoms with Gasteiger partial charge in [-0.15, -0.1) is 0 Å². The van der Waals surface area contributed by atoms with Gasteiger partial charge in [0.05, 0.1) is 38.7 Å². The van der Waals surface area contributed by atoms with Crippen LogP contribution in [0, 0.1) is 5.92 Å².